The van der Waals surface area contributed by atoms with Crippen LogP contribution in [0.15, 0.2) is 23.1 Å². The van der Waals surface area contributed by atoms with Gasteiger partial charge in [0.15, 0.2) is 0 Å². The highest BCUT2D eigenvalue weighted by molar-refractivity contribution is 5.33. The highest BCUT2D eigenvalue weighted by Gasteiger charge is 1.93. The monoisotopic (exact) mass is 149 g/mol. The van der Waals surface area contributed by atoms with Gasteiger partial charge in [0.1, 0.15) is 6.54 Å². The van der Waals surface area contributed by atoms with Crippen molar-refractivity contribution in [1.82, 2.24) is 4.57 Å². The Bertz CT molecular complexity index is 347. The lowest BCUT2D eigenvalue weighted by Crippen LogP contribution is -2.17. The first-order chi connectivity index (χ1) is 5.24. The third kappa shape index (κ3) is 1.58. The minimum atomic E-state index is -0.208. The molecule has 1 aromatic heterocycles. The molecule has 0 radical (unpaired) electrons. The Hall–Kier alpha value is -1.76. The molecule has 4 heteroatoms. The summed E-state index contributed by atoms with van der Waals surface area (Å²) in [4.78, 5) is 10.9. The molecular weight excluding hydrogens is 142 g/mol. The normalized spacial score (nSPS) is 9.00. The topological polar surface area (TPSA) is 71.8 Å². The van der Waals surface area contributed by atoms with Crippen molar-refractivity contribution in [2.45, 2.75) is 6.54 Å². The number of nitrogens with zero attached hydrogens (tertiary/aromatic N) is 2. The van der Waals surface area contributed by atoms with Gasteiger partial charge in [0.05, 0.1) is 6.07 Å². The van der Waals surface area contributed by atoms with E-state index < -0.39 is 0 Å². The summed E-state index contributed by atoms with van der Waals surface area (Å²) in [6.45, 7) is 0.0455. The summed E-state index contributed by atoms with van der Waals surface area (Å²) in [6, 6.07) is 4.71. The minimum Gasteiger partial charge on any atom is -0.398 e. The molecular formula is C7H7N3O. The molecule has 56 valence electrons. The van der Waals surface area contributed by atoms with Crippen molar-refractivity contribution in [3.63, 3.8) is 0 Å². The minimum absolute atomic E-state index is 0.0455. The number of anilines is 1. The van der Waals surface area contributed by atoms with Crippen LogP contribution in [0.2, 0.25) is 0 Å². The summed E-state index contributed by atoms with van der Waals surface area (Å²) in [5, 5.41) is 8.28. The van der Waals surface area contributed by atoms with Crippen LogP contribution in [0.25, 0.3) is 0 Å². The molecule has 0 saturated carbocycles. The van der Waals surface area contributed by atoms with E-state index in [1.165, 1.54) is 22.9 Å². The molecule has 0 aliphatic rings. The molecule has 2 N–H and O–H groups in total. The molecule has 0 aliphatic heterocycles. The molecule has 1 rings (SSSR count). The second-order valence-electron chi connectivity index (χ2n) is 2.09. The van der Waals surface area contributed by atoms with Crippen molar-refractivity contribution >= 4 is 5.69 Å². The lowest BCUT2D eigenvalue weighted by atomic mass is 10.4. The van der Waals surface area contributed by atoms with Crippen molar-refractivity contribution in [2.24, 2.45) is 0 Å². The fourth-order valence-corrected chi connectivity index (χ4v) is 0.750. The smallest absolute Gasteiger partial charge is 0.251 e. The van der Waals surface area contributed by atoms with Gasteiger partial charge in [-0.15, -0.1) is 0 Å². The highest BCUT2D eigenvalue weighted by atomic mass is 16.1. The number of nitrogens with two attached hydrogens (primary N) is 1. The van der Waals surface area contributed by atoms with Gasteiger partial charge in [0.25, 0.3) is 5.56 Å². The molecule has 0 aliphatic carbocycles. The summed E-state index contributed by atoms with van der Waals surface area (Å²) in [5.74, 6) is 0. The van der Waals surface area contributed by atoms with Crippen LogP contribution in [0, 0.1) is 11.3 Å². The zero-order valence-corrected chi connectivity index (χ0v) is 5.82. The molecule has 0 atom stereocenters. The van der Waals surface area contributed by atoms with E-state index in [0.29, 0.717) is 5.69 Å². The number of nitriles is 1. The van der Waals surface area contributed by atoms with E-state index in [2.05, 4.69) is 0 Å². The maximum atomic E-state index is 10.9. The molecule has 1 heterocycles. The van der Waals surface area contributed by atoms with E-state index in [1.54, 1.807) is 0 Å². The van der Waals surface area contributed by atoms with E-state index in [0.717, 1.165) is 0 Å². The van der Waals surface area contributed by atoms with Crippen LogP contribution in [-0.2, 0) is 6.54 Å². The van der Waals surface area contributed by atoms with Crippen molar-refractivity contribution in [1.29, 1.82) is 5.26 Å². The molecule has 0 aromatic carbocycles. The van der Waals surface area contributed by atoms with E-state index >= 15 is 0 Å². The highest BCUT2D eigenvalue weighted by Crippen LogP contribution is 1.94. The quantitative estimate of drug-likeness (QED) is 0.608. The Morgan fingerprint density at radius 3 is 3.00 bits per heavy atom. The van der Waals surface area contributed by atoms with Gasteiger partial charge in [-0.2, -0.15) is 5.26 Å². The van der Waals surface area contributed by atoms with Crippen molar-refractivity contribution in [3.05, 3.63) is 28.7 Å². The molecule has 0 fully saturated rings. The SMILES string of the molecule is N#CCn1cc(N)ccc1=O. The van der Waals surface area contributed by atoms with Gasteiger partial charge in [-0.05, 0) is 6.07 Å². The third-order valence-corrected chi connectivity index (χ3v) is 1.25. The van der Waals surface area contributed by atoms with E-state index in [9.17, 15) is 4.79 Å². The standard InChI is InChI=1S/C7H7N3O/c8-3-4-10-5-6(9)1-2-7(10)11/h1-2,5H,4,9H2. The van der Waals surface area contributed by atoms with Crippen molar-refractivity contribution in [2.75, 3.05) is 5.73 Å². The number of hydrogen-bond acceptors (Lipinski definition) is 3. The maximum Gasteiger partial charge on any atom is 0.251 e. The Kier molecular flexibility index (Phi) is 1.93. The molecule has 11 heavy (non-hydrogen) atoms. The van der Waals surface area contributed by atoms with Gasteiger partial charge in [0, 0.05) is 18.0 Å². The Morgan fingerprint density at radius 2 is 2.36 bits per heavy atom. The first kappa shape index (κ1) is 7.35. The first-order valence-electron chi connectivity index (χ1n) is 3.07. The lowest BCUT2D eigenvalue weighted by molar-refractivity contribution is 0.790. The number of rotatable bonds is 1. The van der Waals surface area contributed by atoms with Crippen LogP contribution in [0.5, 0.6) is 0 Å². The molecule has 0 unspecified atom stereocenters. The van der Waals surface area contributed by atoms with Crippen LogP contribution in [0.1, 0.15) is 0 Å². The number of aromatic nitrogens is 1. The van der Waals surface area contributed by atoms with Gasteiger partial charge >= 0.3 is 0 Å². The van der Waals surface area contributed by atoms with E-state index in [4.69, 9.17) is 11.0 Å². The molecule has 4 nitrogen and oxygen atoms in total. The average molecular weight is 149 g/mol. The Labute approximate surface area is 63.5 Å². The van der Waals surface area contributed by atoms with Gasteiger partial charge in [-0.25, -0.2) is 0 Å². The van der Waals surface area contributed by atoms with Gasteiger partial charge in [0.2, 0.25) is 0 Å². The fraction of sp³-hybridized carbons (Fsp3) is 0.143. The second kappa shape index (κ2) is 2.88. The van der Waals surface area contributed by atoms with Crippen LogP contribution < -0.4 is 11.3 Å². The Balaban J connectivity index is 3.15. The second-order valence-corrected chi connectivity index (χ2v) is 2.09. The zero-order chi connectivity index (χ0) is 8.27. The molecule has 0 spiro atoms. The van der Waals surface area contributed by atoms with Gasteiger partial charge in [-0.1, -0.05) is 0 Å². The van der Waals surface area contributed by atoms with Crippen LogP contribution in [0.4, 0.5) is 5.69 Å². The molecule has 0 amide bonds. The number of nitrogen functional groups attached to an aromatic ring is 1. The summed E-state index contributed by atoms with van der Waals surface area (Å²) >= 11 is 0. The van der Waals surface area contributed by atoms with Gasteiger partial charge in [-0.3, -0.25) is 9.36 Å². The molecule has 1 aromatic rings. The lowest BCUT2D eigenvalue weighted by Gasteiger charge is -1.98. The fourth-order valence-electron chi connectivity index (χ4n) is 0.750. The largest absolute Gasteiger partial charge is 0.398 e. The van der Waals surface area contributed by atoms with Gasteiger partial charge < -0.3 is 5.73 Å². The van der Waals surface area contributed by atoms with E-state index in [-0.39, 0.29) is 12.1 Å². The van der Waals surface area contributed by atoms with Crippen LogP contribution >= 0.6 is 0 Å². The summed E-state index contributed by atoms with van der Waals surface area (Å²) in [6.07, 6.45) is 1.45. The Morgan fingerprint density at radius 1 is 1.64 bits per heavy atom. The van der Waals surface area contributed by atoms with Crippen molar-refractivity contribution < 1.29 is 0 Å². The maximum absolute atomic E-state index is 10.9. The van der Waals surface area contributed by atoms with Crippen molar-refractivity contribution in [3.8, 4) is 6.07 Å². The summed E-state index contributed by atoms with van der Waals surface area (Å²) in [5.41, 5.74) is 5.67. The number of hydrogen-bond donors (Lipinski definition) is 1. The zero-order valence-electron chi connectivity index (χ0n) is 5.82. The summed E-state index contributed by atoms with van der Waals surface area (Å²) in [7, 11) is 0. The number of pyridine rings is 1. The molecule has 0 bridgehead atoms. The predicted octanol–water partition coefficient (Wildman–Crippen LogP) is -0.0459. The van der Waals surface area contributed by atoms with E-state index in [1.807, 2.05) is 6.07 Å². The summed E-state index contributed by atoms with van der Waals surface area (Å²) < 4.78 is 1.26. The van der Waals surface area contributed by atoms with Crippen LogP contribution in [0.3, 0.4) is 0 Å². The first-order valence-corrected chi connectivity index (χ1v) is 3.07. The third-order valence-electron chi connectivity index (χ3n) is 1.25. The predicted molar refractivity (Wildman–Crippen MR) is 40.7 cm³/mol. The molecule has 0 saturated heterocycles. The average Bonchev–Trinajstić information content (AvgIpc) is 1.98. The van der Waals surface area contributed by atoms with Crippen LogP contribution in [-0.4, -0.2) is 4.57 Å².